The molecule has 1 amide bonds. The summed E-state index contributed by atoms with van der Waals surface area (Å²) < 4.78 is 27.0. The molecule has 2 heterocycles. The van der Waals surface area contributed by atoms with Crippen molar-refractivity contribution in [1.82, 2.24) is 9.21 Å². The van der Waals surface area contributed by atoms with E-state index in [1.54, 1.807) is 28.6 Å². The number of hydrogen-bond acceptors (Lipinski definition) is 4. The molecule has 3 atom stereocenters. The van der Waals surface area contributed by atoms with Crippen LogP contribution in [-0.2, 0) is 14.8 Å². The van der Waals surface area contributed by atoms with Gasteiger partial charge in [-0.3, -0.25) is 9.69 Å². The zero-order chi connectivity index (χ0) is 20.3. The Morgan fingerprint density at radius 1 is 1.04 bits per heavy atom. The summed E-state index contributed by atoms with van der Waals surface area (Å²) in [5, 5.41) is 2.94. The normalized spacial score (nSPS) is 26.0. The molecule has 28 heavy (non-hydrogen) atoms. The number of nitrogens with one attached hydrogen (secondary N) is 1. The van der Waals surface area contributed by atoms with Gasteiger partial charge in [-0.25, -0.2) is 8.42 Å². The number of carbonyl (C=O) groups is 1. The molecule has 1 aromatic carbocycles. The fourth-order valence-corrected chi connectivity index (χ4v) is 5.92. The highest BCUT2D eigenvalue weighted by molar-refractivity contribution is 7.89. The van der Waals surface area contributed by atoms with Crippen LogP contribution in [0.25, 0.3) is 0 Å². The molecule has 0 bridgehead atoms. The second-order valence-corrected chi connectivity index (χ2v) is 10.5. The standard InChI is InChI=1S/C21H33N3O3S/c1-16-13-17(2)15-23(14-16)18(3)21(25)22-19-7-9-20(10-8-19)28(26,27)24-11-5-4-6-12-24/h7-10,16-18H,4-6,11-15H2,1-3H3,(H,22,25)/t16-,17+,18-/m1/s1. The molecule has 1 N–H and O–H groups in total. The number of sulfonamides is 1. The largest absolute Gasteiger partial charge is 0.325 e. The fourth-order valence-electron chi connectivity index (χ4n) is 4.40. The number of piperidine rings is 2. The number of rotatable bonds is 5. The Labute approximate surface area is 169 Å². The zero-order valence-electron chi connectivity index (χ0n) is 17.2. The Balaban J connectivity index is 1.62. The van der Waals surface area contributed by atoms with E-state index in [1.165, 1.54) is 6.42 Å². The second-order valence-electron chi connectivity index (χ2n) is 8.55. The van der Waals surface area contributed by atoms with Gasteiger partial charge in [0.1, 0.15) is 0 Å². The number of anilines is 1. The molecule has 0 radical (unpaired) electrons. The van der Waals surface area contributed by atoms with Crippen LogP contribution in [0.3, 0.4) is 0 Å². The summed E-state index contributed by atoms with van der Waals surface area (Å²) in [5.41, 5.74) is 0.632. The van der Waals surface area contributed by atoms with Crippen molar-refractivity contribution in [2.45, 2.75) is 57.4 Å². The van der Waals surface area contributed by atoms with Gasteiger partial charge in [-0.05, 0) is 62.3 Å². The van der Waals surface area contributed by atoms with Crippen LogP contribution < -0.4 is 5.32 Å². The molecule has 3 rings (SSSR count). The quantitative estimate of drug-likeness (QED) is 0.814. The van der Waals surface area contributed by atoms with Gasteiger partial charge in [0.05, 0.1) is 10.9 Å². The summed E-state index contributed by atoms with van der Waals surface area (Å²) in [6, 6.07) is 6.35. The molecule has 2 aliphatic heterocycles. The van der Waals surface area contributed by atoms with Crippen molar-refractivity contribution in [3.8, 4) is 0 Å². The first-order valence-electron chi connectivity index (χ1n) is 10.4. The van der Waals surface area contributed by atoms with Gasteiger partial charge in [-0.2, -0.15) is 4.31 Å². The third-order valence-corrected chi connectivity index (χ3v) is 7.81. The van der Waals surface area contributed by atoms with Crippen LogP contribution in [0.5, 0.6) is 0 Å². The van der Waals surface area contributed by atoms with E-state index in [0.29, 0.717) is 35.5 Å². The summed E-state index contributed by atoms with van der Waals surface area (Å²) in [6.07, 6.45) is 4.12. The minimum absolute atomic E-state index is 0.0482. The van der Waals surface area contributed by atoms with Gasteiger partial charge in [-0.15, -0.1) is 0 Å². The van der Waals surface area contributed by atoms with E-state index in [1.807, 2.05) is 6.92 Å². The number of hydrogen-bond donors (Lipinski definition) is 1. The maximum atomic E-state index is 12.7. The Bertz CT molecular complexity index is 763. The third-order valence-electron chi connectivity index (χ3n) is 5.90. The molecule has 6 nitrogen and oxygen atoms in total. The summed E-state index contributed by atoms with van der Waals surface area (Å²) in [7, 11) is -3.44. The van der Waals surface area contributed by atoms with E-state index < -0.39 is 10.0 Å². The van der Waals surface area contributed by atoms with Crippen LogP contribution in [0, 0.1) is 11.8 Å². The van der Waals surface area contributed by atoms with E-state index in [2.05, 4.69) is 24.1 Å². The van der Waals surface area contributed by atoms with Crippen molar-refractivity contribution in [2.24, 2.45) is 11.8 Å². The van der Waals surface area contributed by atoms with E-state index in [4.69, 9.17) is 0 Å². The summed E-state index contributed by atoms with van der Waals surface area (Å²) in [5.74, 6) is 1.14. The van der Waals surface area contributed by atoms with Crippen LogP contribution in [0.2, 0.25) is 0 Å². The Morgan fingerprint density at radius 2 is 1.61 bits per heavy atom. The van der Waals surface area contributed by atoms with Crippen molar-refractivity contribution in [3.63, 3.8) is 0 Å². The number of likely N-dealkylation sites (tertiary alicyclic amines) is 1. The molecule has 0 aromatic heterocycles. The van der Waals surface area contributed by atoms with Crippen molar-refractivity contribution in [2.75, 3.05) is 31.5 Å². The van der Waals surface area contributed by atoms with Crippen LogP contribution in [0.15, 0.2) is 29.2 Å². The van der Waals surface area contributed by atoms with Crippen molar-refractivity contribution < 1.29 is 13.2 Å². The maximum Gasteiger partial charge on any atom is 0.243 e. The highest BCUT2D eigenvalue weighted by atomic mass is 32.2. The van der Waals surface area contributed by atoms with Gasteiger partial charge in [-0.1, -0.05) is 20.3 Å². The number of carbonyl (C=O) groups excluding carboxylic acids is 1. The van der Waals surface area contributed by atoms with Gasteiger partial charge in [0, 0.05) is 31.9 Å². The summed E-state index contributed by atoms with van der Waals surface area (Å²) >= 11 is 0. The van der Waals surface area contributed by atoms with Crippen molar-refractivity contribution in [3.05, 3.63) is 24.3 Å². The minimum atomic E-state index is -3.44. The Hall–Kier alpha value is -1.44. The monoisotopic (exact) mass is 407 g/mol. The lowest BCUT2D eigenvalue weighted by Crippen LogP contribution is -2.48. The van der Waals surface area contributed by atoms with E-state index in [0.717, 1.165) is 32.4 Å². The van der Waals surface area contributed by atoms with Crippen LogP contribution in [-0.4, -0.2) is 55.8 Å². The number of amides is 1. The third kappa shape index (κ3) is 4.93. The first-order valence-corrected chi connectivity index (χ1v) is 11.9. The number of nitrogens with zero attached hydrogens (tertiary/aromatic N) is 2. The summed E-state index contributed by atoms with van der Waals surface area (Å²) in [4.78, 5) is 15.2. The molecule has 1 aromatic rings. The predicted octanol–water partition coefficient (Wildman–Crippen LogP) is 3.17. The van der Waals surface area contributed by atoms with Gasteiger partial charge < -0.3 is 5.32 Å². The highest BCUT2D eigenvalue weighted by Gasteiger charge is 2.29. The molecule has 0 saturated carbocycles. The molecular formula is C21H33N3O3S. The lowest BCUT2D eigenvalue weighted by molar-refractivity contribution is -0.121. The van der Waals surface area contributed by atoms with Gasteiger partial charge in [0.15, 0.2) is 0 Å². The molecule has 2 fully saturated rings. The summed E-state index contributed by atoms with van der Waals surface area (Å²) in [6.45, 7) is 9.45. The van der Waals surface area contributed by atoms with Crippen LogP contribution in [0.1, 0.15) is 46.5 Å². The van der Waals surface area contributed by atoms with Gasteiger partial charge >= 0.3 is 0 Å². The average molecular weight is 408 g/mol. The Morgan fingerprint density at radius 3 is 2.18 bits per heavy atom. The minimum Gasteiger partial charge on any atom is -0.325 e. The molecule has 0 aliphatic carbocycles. The molecule has 0 spiro atoms. The molecule has 2 aliphatic rings. The van der Waals surface area contributed by atoms with Gasteiger partial charge in [0.2, 0.25) is 15.9 Å². The first-order chi connectivity index (χ1) is 13.3. The molecule has 7 heteroatoms. The fraction of sp³-hybridized carbons (Fsp3) is 0.667. The molecule has 2 saturated heterocycles. The zero-order valence-corrected chi connectivity index (χ0v) is 18.0. The lowest BCUT2D eigenvalue weighted by Gasteiger charge is -2.38. The van der Waals surface area contributed by atoms with E-state index in [-0.39, 0.29) is 11.9 Å². The smallest absolute Gasteiger partial charge is 0.243 e. The molecule has 156 valence electrons. The highest BCUT2D eigenvalue weighted by Crippen LogP contribution is 2.24. The molecular weight excluding hydrogens is 374 g/mol. The van der Waals surface area contributed by atoms with Crippen LogP contribution in [0.4, 0.5) is 5.69 Å². The molecule has 0 unspecified atom stereocenters. The topological polar surface area (TPSA) is 69.7 Å². The van der Waals surface area contributed by atoms with Crippen molar-refractivity contribution in [1.29, 1.82) is 0 Å². The SMILES string of the molecule is C[C@@H]1C[C@H](C)CN([C@H](C)C(=O)Nc2ccc(S(=O)(=O)N3CCCCC3)cc2)C1. The van der Waals surface area contributed by atoms with Crippen molar-refractivity contribution >= 4 is 21.6 Å². The lowest BCUT2D eigenvalue weighted by atomic mass is 9.91. The van der Waals surface area contributed by atoms with E-state index >= 15 is 0 Å². The van der Waals surface area contributed by atoms with Gasteiger partial charge in [0.25, 0.3) is 0 Å². The Kier molecular flexibility index (Phi) is 6.78. The van der Waals surface area contributed by atoms with Crippen LogP contribution >= 0.6 is 0 Å². The number of benzene rings is 1. The van der Waals surface area contributed by atoms with E-state index in [9.17, 15) is 13.2 Å². The first kappa shape index (κ1) is 21.3. The predicted molar refractivity (Wildman–Crippen MR) is 112 cm³/mol. The average Bonchev–Trinajstić information content (AvgIpc) is 2.67. The second kappa shape index (κ2) is 8.93. The maximum absolute atomic E-state index is 12.7.